The Morgan fingerprint density at radius 1 is 1.31 bits per heavy atom. The van der Waals surface area contributed by atoms with Crippen LogP contribution in [0.3, 0.4) is 0 Å². The van der Waals surface area contributed by atoms with Gasteiger partial charge in [-0.25, -0.2) is 0 Å². The van der Waals surface area contributed by atoms with E-state index < -0.39 is 0 Å². The molecule has 1 aliphatic rings. The molecule has 1 saturated carbocycles. The summed E-state index contributed by atoms with van der Waals surface area (Å²) in [5.74, 6) is 0.773. The minimum absolute atomic E-state index is 0.108. The van der Waals surface area contributed by atoms with Crippen molar-refractivity contribution < 1.29 is 5.11 Å². The summed E-state index contributed by atoms with van der Waals surface area (Å²) in [6.07, 6.45) is 3.20. The molecule has 1 rings (SSSR count). The molecule has 1 aliphatic carbocycles. The molecule has 0 saturated heterocycles. The summed E-state index contributed by atoms with van der Waals surface area (Å²) in [4.78, 5) is 2.31. The van der Waals surface area contributed by atoms with E-state index in [4.69, 9.17) is 0 Å². The number of likely N-dealkylation sites (N-methyl/N-ethyl adjacent to an activating group) is 1. The molecule has 0 aromatic heterocycles. The number of nitrogens with zero attached hydrogens (tertiary/aromatic N) is 1. The highest BCUT2D eigenvalue weighted by Gasteiger charge is 2.30. The Hall–Kier alpha value is -0.0800. The van der Waals surface area contributed by atoms with Crippen LogP contribution >= 0.6 is 0 Å². The van der Waals surface area contributed by atoms with Crippen LogP contribution in [0.2, 0.25) is 0 Å². The Kier molecular flexibility index (Phi) is 3.74. The molecule has 2 heteroatoms. The van der Waals surface area contributed by atoms with Crippen molar-refractivity contribution in [3.8, 4) is 0 Å². The smallest absolute Gasteiger partial charge is 0.0695 e. The Labute approximate surface area is 81.9 Å². The van der Waals surface area contributed by atoms with Crippen LogP contribution in [0.15, 0.2) is 0 Å². The minimum Gasteiger partial charge on any atom is -0.391 e. The molecule has 0 aliphatic heterocycles. The second-order valence-electron chi connectivity index (χ2n) is 4.81. The first kappa shape index (κ1) is 11.0. The van der Waals surface area contributed by atoms with Crippen molar-refractivity contribution in [2.75, 3.05) is 7.05 Å². The Balaban J connectivity index is 2.54. The van der Waals surface area contributed by atoms with E-state index in [2.05, 4.69) is 32.7 Å². The molecule has 78 valence electrons. The van der Waals surface area contributed by atoms with Gasteiger partial charge in [0.15, 0.2) is 0 Å². The van der Waals surface area contributed by atoms with Gasteiger partial charge >= 0.3 is 0 Å². The van der Waals surface area contributed by atoms with E-state index in [1.165, 1.54) is 6.42 Å². The first-order valence-electron chi connectivity index (χ1n) is 5.42. The topological polar surface area (TPSA) is 23.5 Å². The van der Waals surface area contributed by atoms with Gasteiger partial charge in [-0.1, -0.05) is 6.92 Å². The standard InChI is InChI=1S/C11H23NO/c1-8(2)12(4)10-7-9(3)5-6-11(10)13/h8-11,13H,5-7H2,1-4H3. The zero-order chi connectivity index (χ0) is 10.0. The molecular formula is C11H23NO. The van der Waals surface area contributed by atoms with E-state index in [0.717, 1.165) is 18.8 Å². The molecular weight excluding hydrogens is 162 g/mol. The van der Waals surface area contributed by atoms with Gasteiger partial charge < -0.3 is 5.11 Å². The van der Waals surface area contributed by atoms with Crippen molar-refractivity contribution in [3.05, 3.63) is 0 Å². The molecule has 1 fully saturated rings. The van der Waals surface area contributed by atoms with Crippen molar-refractivity contribution >= 4 is 0 Å². The lowest BCUT2D eigenvalue weighted by Crippen LogP contribution is -2.47. The predicted molar refractivity (Wildman–Crippen MR) is 55.7 cm³/mol. The van der Waals surface area contributed by atoms with Crippen molar-refractivity contribution in [1.29, 1.82) is 0 Å². The van der Waals surface area contributed by atoms with E-state index in [1.54, 1.807) is 0 Å². The van der Waals surface area contributed by atoms with Gasteiger partial charge in [-0.2, -0.15) is 0 Å². The highest BCUT2D eigenvalue weighted by molar-refractivity contribution is 4.85. The SMILES string of the molecule is CC1CCC(O)C(N(C)C(C)C)C1. The summed E-state index contributed by atoms with van der Waals surface area (Å²) < 4.78 is 0. The lowest BCUT2D eigenvalue weighted by Gasteiger charge is -2.39. The van der Waals surface area contributed by atoms with Gasteiger partial charge in [-0.15, -0.1) is 0 Å². The quantitative estimate of drug-likeness (QED) is 0.710. The monoisotopic (exact) mass is 185 g/mol. The summed E-state index contributed by atoms with van der Waals surface area (Å²) in [5, 5.41) is 9.86. The molecule has 0 aromatic rings. The van der Waals surface area contributed by atoms with Crippen molar-refractivity contribution in [3.63, 3.8) is 0 Å². The third kappa shape index (κ3) is 2.68. The summed E-state index contributed by atoms with van der Waals surface area (Å²) in [7, 11) is 2.12. The molecule has 2 nitrogen and oxygen atoms in total. The van der Waals surface area contributed by atoms with Gasteiger partial charge in [0.1, 0.15) is 0 Å². The molecule has 0 amide bonds. The summed E-state index contributed by atoms with van der Waals surface area (Å²) in [6.45, 7) is 6.66. The Morgan fingerprint density at radius 2 is 1.92 bits per heavy atom. The molecule has 0 aromatic carbocycles. The average molecular weight is 185 g/mol. The lowest BCUT2D eigenvalue weighted by atomic mass is 9.84. The van der Waals surface area contributed by atoms with Crippen molar-refractivity contribution in [2.24, 2.45) is 5.92 Å². The van der Waals surface area contributed by atoms with Crippen LogP contribution < -0.4 is 0 Å². The highest BCUT2D eigenvalue weighted by atomic mass is 16.3. The second kappa shape index (κ2) is 4.43. The number of rotatable bonds is 2. The Bertz CT molecular complexity index is 158. The number of aliphatic hydroxyl groups is 1. The molecule has 3 atom stereocenters. The van der Waals surface area contributed by atoms with Gasteiger partial charge in [0.2, 0.25) is 0 Å². The van der Waals surface area contributed by atoms with Crippen LogP contribution in [0.25, 0.3) is 0 Å². The number of aliphatic hydroxyl groups excluding tert-OH is 1. The largest absolute Gasteiger partial charge is 0.391 e. The molecule has 13 heavy (non-hydrogen) atoms. The normalized spacial score (nSPS) is 35.8. The van der Waals surface area contributed by atoms with Gasteiger partial charge in [0.25, 0.3) is 0 Å². The zero-order valence-corrected chi connectivity index (χ0v) is 9.33. The highest BCUT2D eigenvalue weighted by Crippen LogP contribution is 2.27. The third-order valence-corrected chi connectivity index (χ3v) is 3.38. The zero-order valence-electron chi connectivity index (χ0n) is 9.33. The molecule has 0 spiro atoms. The minimum atomic E-state index is -0.108. The van der Waals surface area contributed by atoms with E-state index in [9.17, 15) is 5.11 Å². The van der Waals surface area contributed by atoms with Gasteiger partial charge in [-0.05, 0) is 46.1 Å². The lowest BCUT2D eigenvalue weighted by molar-refractivity contribution is 0.00509. The molecule has 0 bridgehead atoms. The maximum Gasteiger partial charge on any atom is 0.0695 e. The summed E-state index contributed by atoms with van der Waals surface area (Å²) >= 11 is 0. The maximum atomic E-state index is 9.86. The molecule has 1 N–H and O–H groups in total. The fourth-order valence-electron chi connectivity index (χ4n) is 2.16. The van der Waals surface area contributed by atoms with Gasteiger partial charge in [0, 0.05) is 12.1 Å². The Morgan fingerprint density at radius 3 is 2.46 bits per heavy atom. The van der Waals surface area contributed by atoms with Crippen LogP contribution in [-0.4, -0.2) is 35.2 Å². The number of hydrogen-bond acceptors (Lipinski definition) is 2. The predicted octanol–water partition coefficient (Wildman–Crippen LogP) is 1.88. The van der Waals surface area contributed by atoms with E-state index >= 15 is 0 Å². The summed E-state index contributed by atoms with van der Waals surface area (Å²) in [6, 6.07) is 0.911. The first-order chi connectivity index (χ1) is 6.02. The average Bonchev–Trinajstić information content (AvgIpc) is 2.08. The fourth-order valence-corrected chi connectivity index (χ4v) is 2.16. The van der Waals surface area contributed by atoms with Crippen molar-refractivity contribution in [2.45, 2.75) is 58.2 Å². The van der Waals surface area contributed by atoms with Crippen LogP contribution in [0, 0.1) is 5.92 Å². The molecule has 0 radical (unpaired) electrons. The van der Waals surface area contributed by atoms with E-state index in [-0.39, 0.29) is 6.10 Å². The molecule has 0 heterocycles. The first-order valence-corrected chi connectivity index (χ1v) is 5.42. The number of hydrogen-bond donors (Lipinski definition) is 1. The van der Waals surface area contributed by atoms with Crippen LogP contribution in [0.4, 0.5) is 0 Å². The van der Waals surface area contributed by atoms with Gasteiger partial charge in [-0.3, -0.25) is 4.90 Å². The van der Waals surface area contributed by atoms with E-state index in [1.807, 2.05) is 0 Å². The summed E-state index contributed by atoms with van der Waals surface area (Å²) in [5.41, 5.74) is 0. The van der Waals surface area contributed by atoms with Crippen LogP contribution in [0.1, 0.15) is 40.0 Å². The molecule has 3 unspecified atom stereocenters. The maximum absolute atomic E-state index is 9.86. The van der Waals surface area contributed by atoms with Gasteiger partial charge in [0.05, 0.1) is 6.10 Å². The third-order valence-electron chi connectivity index (χ3n) is 3.38. The van der Waals surface area contributed by atoms with Crippen LogP contribution in [0.5, 0.6) is 0 Å². The fraction of sp³-hybridized carbons (Fsp3) is 1.00. The van der Waals surface area contributed by atoms with E-state index in [0.29, 0.717) is 12.1 Å². The second-order valence-corrected chi connectivity index (χ2v) is 4.81. The van der Waals surface area contributed by atoms with Crippen molar-refractivity contribution in [1.82, 2.24) is 4.90 Å². The van der Waals surface area contributed by atoms with Crippen LogP contribution in [-0.2, 0) is 0 Å².